The number of carboxylic acid groups (broad SMARTS) is 1. The molecule has 0 spiro atoms. The molecule has 1 N–H and O–H groups in total. The number of hydrogen-bond donors (Lipinski definition) is 1. The van der Waals surface area contributed by atoms with Crippen molar-refractivity contribution in [2.24, 2.45) is 0 Å². The molecular formula is C9H14N2O3. The average Bonchev–Trinajstić information content (AvgIpc) is 2.30. The predicted molar refractivity (Wildman–Crippen MR) is 51.3 cm³/mol. The summed E-state index contributed by atoms with van der Waals surface area (Å²) in [5.74, 6) is -1.02. The van der Waals surface area contributed by atoms with Gasteiger partial charge in [-0.15, -0.1) is 0 Å². The lowest BCUT2D eigenvalue weighted by Crippen LogP contribution is -2.35. The van der Waals surface area contributed by atoms with Gasteiger partial charge in [-0.3, -0.25) is 13.9 Å². The quantitative estimate of drug-likeness (QED) is 0.752. The van der Waals surface area contributed by atoms with Crippen LogP contribution in [0, 0.1) is 0 Å². The largest absolute Gasteiger partial charge is 0.480 e. The highest BCUT2D eigenvalue weighted by molar-refractivity contribution is 5.66. The second-order valence-electron chi connectivity index (χ2n) is 4.14. The first-order chi connectivity index (χ1) is 6.32. The summed E-state index contributed by atoms with van der Waals surface area (Å²) >= 11 is 0. The van der Waals surface area contributed by atoms with E-state index in [0.29, 0.717) is 0 Å². The molecule has 0 bridgehead atoms. The average molecular weight is 198 g/mol. The van der Waals surface area contributed by atoms with Crippen LogP contribution in [0.25, 0.3) is 0 Å². The zero-order chi connectivity index (χ0) is 10.9. The Kier molecular flexibility index (Phi) is 2.51. The molecule has 14 heavy (non-hydrogen) atoms. The van der Waals surface area contributed by atoms with Gasteiger partial charge in [-0.05, 0) is 20.8 Å². The van der Waals surface area contributed by atoms with Crippen molar-refractivity contribution in [1.29, 1.82) is 0 Å². The van der Waals surface area contributed by atoms with E-state index in [2.05, 4.69) is 0 Å². The van der Waals surface area contributed by atoms with Crippen LogP contribution in [-0.2, 0) is 16.9 Å². The van der Waals surface area contributed by atoms with Gasteiger partial charge in [0.1, 0.15) is 6.54 Å². The summed E-state index contributed by atoms with van der Waals surface area (Å²) in [7, 11) is 0. The Balaban J connectivity index is 3.10. The van der Waals surface area contributed by atoms with Gasteiger partial charge >= 0.3 is 11.7 Å². The van der Waals surface area contributed by atoms with Crippen molar-refractivity contribution in [1.82, 2.24) is 9.13 Å². The van der Waals surface area contributed by atoms with Crippen LogP contribution in [0.5, 0.6) is 0 Å². The molecule has 0 atom stereocenters. The molecule has 0 radical (unpaired) electrons. The monoisotopic (exact) mass is 198 g/mol. The van der Waals surface area contributed by atoms with Crippen molar-refractivity contribution < 1.29 is 9.90 Å². The first-order valence-electron chi connectivity index (χ1n) is 4.32. The van der Waals surface area contributed by atoms with Gasteiger partial charge in [-0.2, -0.15) is 0 Å². The molecule has 0 saturated heterocycles. The van der Waals surface area contributed by atoms with Gasteiger partial charge in [0.05, 0.1) is 0 Å². The lowest BCUT2D eigenvalue weighted by molar-refractivity contribution is -0.137. The van der Waals surface area contributed by atoms with Crippen molar-refractivity contribution in [2.75, 3.05) is 0 Å². The van der Waals surface area contributed by atoms with E-state index in [1.54, 1.807) is 6.20 Å². The molecule has 0 aliphatic carbocycles. The van der Waals surface area contributed by atoms with E-state index in [4.69, 9.17) is 5.11 Å². The second kappa shape index (κ2) is 3.32. The Labute approximate surface area is 81.6 Å². The van der Waals surface area contributed by atoms with Crippen LogP contribution in [0.2, 0.25) is 0 Å². The molecule has 0 amide bonds. The zero-order valence-corrected chi connectivity index (χ0v) is 8.52. The number of aliphatic carboxylic acids is 1. The first-order valence-corrected chi connectivity index (χ1v) is 4.32. The molecule has 0 aromatic carbocycles. The molecule has 0 fully saturated rings. The van der Waals surface area contributed by atoms with Crippen molar-refractivity contribution in [3.05, 3.63) is 22.9 Å². The maximum absolute atomic E-state index is 11.6. The smallest absolute Gasteiger partial charge is 0.329 e. The number of aromatic nitrogens is 2. The van der Waals surface area contributed by atoms with Crippen LogP contribution in [0.4, 0.5) is 0 Å². The molecule has 1 aromatic heterocycles. The van der Waals surface area contributed by atoms with Gasteiger partial charge in [-0.1, -0.05) is 0 Å². The van der Waals surface area contributed by atoms with Gasteiger partial charge in [0, 0.05) is 17.9 Å². The van der Waals surface area contributed by atoms with Crippen LogP contribution >= 0.6 is 0 Å². The number of rotatable bonds is 2. The van der Waals surface area contributed by atoms with E-state index >= 15 is 0 Å². The minimum Gasteiger partial charge on any atom is -0.480 e. The maximum Gasteiger partial charge on any atom is 0.329 e. The predicted octanol–water partition coefficient (Wildman–Crippen LogP) is 0.489. The topological polar surface area (TPSA) is 64.2 Å². The Morgan fingerprint density at radius 3 is 2.36 bits per heavy atom. The molecular weight excluding hydrogens is 184 g/mol. The summed E-state index contributed by atoms with van der Waals surface area (Å²) in [6, 6.07) is 0. The Morgan fingerprint density at radius 1 is 1.43 bits per heavy atom. The van der Waals surface area contributed by atoms with Gasteiger partial charge < -0.3 is 5.11 Å². The van der Waals surface area contributed by atoms with E-state index in [1.807, 2.05) is 20.8 Å². The summed E-state index contributed by atoms with van der Waals surface area (Å²) in [6.45, 7) is 5.38. The van der Waals surface area contributed by atoms with Crippen molar-refractivity contribution in [2.45, 2.75) is 32.9 Å². The lowest BCUT2D eigenvalue weighted by Gasteiger charge is -2.19. The number of carboxylic acids is 1. The van der Waals surface area contributed by atoms with Crippen LogP contribution < -0.4 is 5.69 Å². The third-order valence-electron chi connectivity index (χ3n) is 1.88. The Morgan fingerprint density at radius 2 is 2.00 bits per heavy atom. The molecule has 0 aliphatic rings. The molecule has 0 aliphatic heterocycles. The van der Waals surface area contributed by atoms with Crippen molar-refractivity contribution in [3.63, 3.8) is 0 Å². The number of imidazole rings is 1. The zero-order valence-electron chi connectivity index (χ0n) is 8.52. The summed E-state index contributed by atoms with van der Waals surface area (Å²) in [5, 5.41) is 8.53. The molecule has 78 valence electrons. The highest BCUT2D eigenvalue weighted by Gasteiger charge is 2.17. The SMILES string of the molecule is CC(C)(C)n1ccn(CC(=O)O)c1=O. The van der Waals surface area contributed by atoms with Crippen LogP contribution in [0.15, 0.2) is 17.2 Å². The van der Waals surface area contributed by atoms with Crippen LogP contribution in [0.3, 0.4) is 0 Å². The lowest BCUT2D eigenvalue weighted by atomic mass is 10.1. The summed E-state index contributed by atoms with van der Waals surface area (Å²) in [5.41, 5.74) is -0.610. The highest BCUT2D eigenvalue weighted by atomic mass is 16.4. The molecule has 1 aromatic rings. The number of hydrogen-bond acceptors (Lipinski definition) is 2. The fourth-order valence-corrected chi connectivity index (χ4v) is 1.19. The standard InChI is InChI=1S/C9H14N2O3/c1-9(2,3)11-5-4-10(8(11)14)6-7(12)13/h4-5H,6H2,1-3H3,(H,12,13). The number of carbonyl (C=O) groups is 1. The first kappa shape index (κ1) is 10.6. The van der Waals surface area contributed by atoms with E-state index in [9.17, 15) is 9.59 Å². The molecule has 1 heterocycles. The van der Waals surface area contributed by atoms with Crippen molar-refractivity contribution >= 4 is 5.97 Å². The van der Waals surface area contributed by atoms with Gasteiger partial charge in [0.15, 0.2) is 0 Å². The van der Waals surface area contributed by atoms with Crippen LogP contribution in [-0.4, -0.2) is 20.2 Å². The number of nitrogens with zero attached hydrogens (tertiary/aromatic N) is 2. The second-order valence-corrected chi connectivity index (χ2v) is 4.14. The third kappa shape index (κ3) is 2.04. The summed E-state index contributed by atoms with van der Waals surface area (Å²) < 4.78 is 2.68. The highest BCUT2D eigenvalue weighted by Crippen LogP contribution is 2.09. The molecule has 0 unspecified atom stereocenters. The molecule has 5 heteroatoms. The van der Waals surface area contributed by atoms with E-state index in [1.165, 1.54) is 15.3 Å². The molecule has 5 nitrogen and oxygen atoms in total. The minimum atomic E-state index is -1.02. The molecule has 0 saturated carbocycles. The van der Waals surface area contributed by atoms with E-state index < -0.39 is 5.97 Å². The van der Waals surface area contributed by atoms with E-state index in [0.717, 1.165) is 0 Å². The third-order valence-corrected chi connectivity index (χ3v) is 1.88. The fraction of sp³-hybridized carbons (Fsp3) is 0.556. The van der Waals surface area contributed by atoms with Gasteiger partial charge in [0.25, 0.3) is 0 Å². The van der Waals surface area contributed by atoms with Gasteiger partial charge in [0.2, 0.25) is 0 Å². The van der Waals surface area contributed by atoms with Crippen LogP contribution in [0.1, 0.15) is 20.8 Å². The Hall–Kier alpha value is -1.52. The Bertz CT molecular complexity index is 395. The summed E-state index contributed by atoms with van der Waals surface area (Å²) in [4.78, 5) is 22.0. The summed E-state index contributed by atoms with van der Waals surface area (Å²) in [6.07, 6.45) is 3.09. The fourth-order valence-electron chi connectivity index (χ4n) is 1.19. The molecule has 1 rings (SSSR count). The van der Waals surface area contributed by atoms with E-state index in [-0.39, 0.29) is 17.8 Å². The van der Waals surface area contributed by atoms with Gasteiger partial charge in [-0.25, -0.2) is 4.79 Å². The normalized spacial score (nSPS) is 11.6. The maximum atomic E-state index is 11.6. The van der Waals surface area contributed by atoms with Crippen molar-refractivity contribution in [3.8, 4) is 0 Å². The minimum absolute atomic E-state index is 0.290.